The van der Waals surface area contributed by atoms with E-state index in [0.717, 1.165) is 31.8 Å². The van der Waals surface area contributed by atoms with Crippen LogP contribution in [-0.2, 0) is 16.7 Å². The van der Waals surface area contributed by atoms with Gasteiger partial charge in [0.15, 0.2) is 5.82 Å². The summed E-state index contributed by atoms with van der Waals surface area (Å²) in [6, 6.07) is 0. The van der Waals surface area contributed by atoms with Gasteiger partial charge in [-0.15, -0.1) is 12.4 Å². The SMILES string of the molecule is Cl.NC1(c2noc(CCOCC3CC3)n2)CCC1. The van der Waals surface area contributed by atoms with Gasteiger partial charge in [-0.05, 0) is 38.0 Å². The second-order valence-electron chi connectivity index (χ2n) is 5.29. The standard InChI is InChI=1S/C12H19N3O2.ClH/c13-12(5-1-6-12)11-14-10(17-15-11)4-7-16-8-9-2-3-9;/h9H,1-8,13H2;1H. The highest BCUT2D eigenvalue weighted by atomic mass is 35.5. The molecule has 5 nitrogen and oxygen atoms in total. The van der Waals surface area contributed by atoms with Gasteiger partial charge in [0, 0.05) is 6.61 Å². The Balaban J connectivity index is 0.00000120. The van der Waals surface area contributed by atoms with E-state index in [-0.39, 0.29) is 17.9 Å². The molecule has 0 radical (unpaired) electrons. The number of halogens is 1. The minimum atomic E-state index is -0.323. The molecule has 2 N–H and O–H groups in total. The molecule has 0 aromatic carbocycles. The van der Waals surface area contributed by atoms with Crippen LogP contribution in [0, 0.1) is 5.92 Å². The quantitative estimate of drug-likeness (QED) is 0.800. The molecule has 18 heavy (non-hydrogen) atoms. The van der Waals surface area contributed by atoms with Crippen LogP contribution in [0.5, 0.6) is 0 Å². The van der Waals surface area contributed by atoms with Gasteiger partial charge >= 0.3 is 0 Å². The highest BCUT2D eigenvalue weighted by Crippen LogP contribution is 2.36. The molecule has 0 spiro atoms. The summed E-state index contributed by atoms with van der Waals surface area (Å²) in [6.45, 7) is 1.54. The Morgan fingerprint density at radius 2 is 2.17 bits per heavy atom. The topological polar surface area (TPSA) is 74.2 Å². The smallest absolute Gasteiger partial charge is 0.229 e. The largest absolute Gasteiger partial charge is 0.381 e. The molecule has 1 aromatic heterocycles. The van der Waals surface area contributed by atoms with Crippen molar-refractivity contribution in [2.45, 2.75) is 44.1 Å². The summed E-state index contributed by atoms with van der Waals surface area (Å²) in [7, 11) is 0. The van der Waals surface area contributed by atoms with E-state index in [2.05, 4.69) is 10.1 Å². The maximum absolute atomic E-state index is 6.12. The van der Waals surface area contributed by atoms with Crippen molar-refractivity contribution in [3.63, 3.8) is 0 Å². The predicted octanol–water partition coefficient (Wildman–Crippen LogP) is 1.80. The average Bonchev–Trinajstić information content (AvgIpc) is 2.99. The molecule has 2 aliphatic rings. The Hall–Kier alpha value is -0.650. The van der Waals surface area contributed by atoms with Crippen LogP contribution in [0.3, 0.4) is 0 Å². The number of ether oxygens (including phenoxy) is 1. The van der Waals surface area contributed by atoms with Crippen LogP contribution >= 0.6 is 12.4 Å². The maximum Gasteiger partial charge on any atom is 0.229 e. The van der Waals surface area contributed by atoms with Crippen LogP contribution in [0.15, 0.2) is 4.52 Å². The van der Waals surface area contributed by atoms with Gasteiger partial charge in [-0.2, -0.15) is 4.98 Å². The van der Waals surface area contributed by atoms with Crippen molar-refractivity contribution in [3.05, 3.63) is 11.7 Å². The number of aromatic nitrogens is 2. The van der Waals surface area contributed by atoms with Gasteiger partial charge in [-0.3, -0.25) is 0 Å². The average molecular weight is 274 g/mol. The van der Waals surface area contributed by atoms with Crippen molar-refractivity contribution in [1.29, 1.82) is 0 Å². The van der Waals surface area contributed by atoms with E-state index in [4.69, 9.17) is 15.0 Å². The molecular formula is C12H20ClN3O2. The van der Waals surface area contributed by atoms with Crippen LogP contribution < -0.4 is 5.73 Å². The normalized spacial score (nSPS) is 21.2. The van der Waals surface area contributed by atoms with Gasteiger partial charge in [0.2, 0.25) is 5.89 Å². The van der Waals surface area contributed by atoms with E-state index in [1.165, 1.54) is 12.8 Å². The van der Waals surface area contributed by atoms with E-state index in [9.17, 15) is 0 Å². The van der Waals surface area contributed by atoms with Crippen LogP contribution in [0.2, 0.25) is 0 Å². The second kappa shape index (κ2) is 5.55. The Morgan fingerprint density at radius 1 is 1.39 bits per heavy atom. The first-order valence-electron chi connectivity index (χ1n) is 6.46. The van der Waals surface area contributed by atoms with Crippen molar-refractivity contribution in [3.8, 4) is 0 Å². The van der Waals surface area contributed by atoms with Crippen LogP contribution in [0.25, 0.3) is 0 Å². The molecule has 0 aliphatic heterocycles. The third-order valence-corrected chi connectivity index (χ3v) is 3.67. The van der Waals surface area contributed by atoms with Crippen molar-refractivity contribution in [2.24, 2.45) is 11.7 Å². The Kier molecular flexibility index (Phi) is 4.25. The van der Waals surface area contributed by atoms with Gasteiger partial charge < -0.3 is 15.0 Å². The third kappa shape index (κ3) is 3.02. The number of nitrogens with two attached hydrogens (primary N) is 1. The Labute approximate surface area is 113 Å². The minimum Gasteiger partial charge on any atom is -0.381 e. The molecule has 0 unspecified atom stereocenters. The highest BCUT2D eigenvalue weighted by Gasteiger charge is 2.38. The summed E-state index contributed by atoms with van der Waals surface area (Å²) >= 11 is 0. The van der Waals surface area contributed by atoms with E-state index in [0.29, 0.717) is 24.7 Å². The van der Waals surface area contributed by atoms with Crippen molar-refractivity contribution < 1.29 is 9.26 Å². The van der Waals surface area contributed by atoms with E-state index < -0.39 is 0 Å². The fourth-order valence-electron chi connectivity index (χ4n) is 2.03. The molecule has 1 heterocycles. The van der Waals surface area contributed by atoms with Gasteiger partial charge in [0.1, 0.15) is 0 Å². The zero-order valence-corrected chi connectivity index (χ0v) is 11.2. The maximum atomic E-state index is 6.12. The van der Waals surface area contributed by atoms with Gasteiger partial charge in [-0.1, -0.05) is 5.16 Å². The first-order chi connectivity index (χ1) is 8.26. The Morgan fingerprint density at radius 3 is 2.78 bits per heavy atom. The van der Waals surface area contributed by atoms with Crippen molar-refractivity contribution >= 4 is 12.4 Å². The zero-order valence-electron chi connectivity index (χ0n) is 10.4. The van der Waals surface area contributed by atoms with Gasteiger partial charge in [-0.25, -0.2) is 0 Å². The molecule has 0 atom stereocenters. The van der Waals surface area contributed by atoms with Gasteiger partial charge in [0.05, 0.1) is 18.6 Å². The number of nitrogens with zero attached hydrogens (tertiary/aromatic N) is 2. The van der Waals surface area contributed by atoms with E-state index >= 15 is 0 Å². The third-order valence-electron chi connectivity index (χ3n) is 3.67. The highest BCUT2D eigenvalue weighted by molar-refractivity contribution is 5.85. The molecule has 0 saturated heterocycles. The monoisotopic (exact) mass is 273 g/mol. The molecule has 1 aromatic rings. The predicted molar refractivity (Wildman–Crippen MR) is 68.5 cm³/mol. The Bertz CT molecular complexity index is 388. The summed E-state index contributed by atoms with van der Waals surface area (Å²) in [5, 5.41) is 3.97. The van der Waals surface area contributed by atoms with E-state index in [1.54, 1.807) is 0 Å². The van der Waals surface area contributed by atoms with Crippen LogP contribution in [-0.4, -0.2) is 23.4 Å². The lowest BCUT2D eigenvalue weighted by atomic mass is 9.77. The summed E-state index contributed by atoms with van der Waals surface area (Å²) in [6.07, 6.45) is 6.41. The first kappa shape index (κ1) is 13.8. The van der Waals surface area contributed by atoms with Crippen molar-refractivity contribution in [1.82, 2.24) is 10.1 Å². The molecule has 6 heteroatoms. The lowest BCUT2D eigenvalue weighted by molar-refractivity contribution is 0.121. The minimum absolute atomic E-state index is 0. The number of rotatable bonds is 6. The van der Waals surface area contributed by atoms with Crippen molar-refractivity contribution in [2.75, 3.05) is 13.2 Å². The summed E-state index contributed by atoms with van der Waals surface area (Å²) in [5.74, 6) is 2.11. The fourth-order valence-corrected chi connectivity index (χ4v) is 2.03. The van der Waals surface area contributed by atoms with Crippen LogP contribution in [0.1, 0.15) is 43.8 Å². The molecule has 2 fully saturated rings. The molecule has 2 saturated carbocycles. The molecule has 102 valence electrons. The van der Waals surface area contributed by atoms with Gasteiger partial charge in [0.25, 0.3) is 0 Å². The summed E-state index contributed by atoms with van der Waals surface area (Å²) in [5.41, 5.74) is 5.80. The lowest BCUT2D eigenvalue weighted by Gasteiger charge is -2.34. The lowest BCUT2D eigenvalue weighted by Crippen LogP contribution is -2.44. The second-order valence-corrected chi connectivity index (χ2v) is 5.29. The first-order valence-corrected chi connectivity index (χ1v) is 6.46. The molecule has 0 bridgehead atoms. The zero-order chi connectivity index (χ0) is 11.7. The fraction of sp³-hybridized carbons (Fsp3) is 0.833. The molecule has 3 rings (SSSR count). The molecular weight excluding hydrogens is 254 g/mol. The molecule has 2 aliphatic carbocycles. The number of hydrogen-bond acceptors (Lipinski definition) is 5. The van der Waals surface area contributed by atoms with Crippen LogP contribution in [0.4, 0.5) is 0 Å². The molecule has 0 amide bonds. The number of hydrogen-bond donors (Lipinski definition) is 1. The summed E-state index contributed by atoms with van der Waals surface area (Å²) < 4.78 is 10.7. The summed E-state index contributed by atoms with van der Waals surface area (Å²) in [4.78, 5) is 4.35. The van der Waals surface area contributed by atoms with E-state index in [1.807, 2.05) is 0 Å².